The van der Waals surface area contributed by atoms with E-state index in [0.717, 1.165) is 88.3 Å². The van der Waals surface area contributed by atoms with Gasteiger partial charge in [-0.25, -0.2) is 0 Å². The third-order valence-electron chi connectivity index (χ3n) is 8.68. The van der Waals surface area contributed by atoms with Crippen molar-refractivity contribution in [1.82, 2.24) is 0 Å². The second-order valence-electron chi connectivity index (χ2n) is 11.1. The van der Waals surface area contributed by atoms with Gasteiger partial charge in [0.2, 0.25) is 0 Å². The van der Waals surface area contributed by atoms with Crippen LogP contribution in [0.15, 0.2) is 158 Å². The fourth-order valence-electron chi connectivity index (χ4n) is 6.84. The lowest BCUT2D eigenvalue weighted by molar-refractivity contribution is 0.487. The van der Waals surface area contributed by atoms with Crippen molar-refractivity contribution < 1.29 is 7.48 Å². The molecule has 8 aromatic carbocycles. The Morgan fingerprint density at radius 1 is 0.372 bits per heavy atom. The highest BCUT2D eigenvalue weighted by Crippen LogP contribution is 2.51. The zero-order chi connectivity index (χ0) is 30.1. The Labute approximate surface area is 253 Å². The van der Waals surface area contributed by atoms with E-state index in [9.17, 15) is 2.74 Å². The highest BCUT2D eigenvalue weighted by molar-refractivity contribution is 6.24. The Kier molecular flexibility index (Phi) is 4.83. The first-order chi connectivity index (χ1) is 22.2. The maximum absolute atomic E-state index is 9.28. The molecule has 1 aliphatic rings. The second kappa shape index (κ2) is 9.44. The van der Waals surface area contributed by atoms with Gasteiger partial charge in [-0.05, 0) is 90.1 Å². The summed E-state index contributed by atoms with van der Waals surface area (Å²) in [6.45, 7) is 0. The number of para-hydroxylation sites is 1. The van der Waals surface area contributed by atoms with E-state index in [1.165, 1.54) is 0 Å². The van der Waals surface area contributed by atoms with E-state index < -0.39 is 0 Å². The van der Waals surface area contributed by atoms with Crippen LogP contribution < -0.4 is 4.74 Å². The molecular formula is C42H26O. The fraction of sp³-hybridized carbons (Fsp3) is 0. The quantitative estimate of drug-likeness (QED) is 0.200. The molecule has 0 saturated carbocycles. The Morgan fingerprint density at radius 2 is 1.00 bits per heavy atom. The van der Waals surface area contributed by atoms with Crippen LogP contribution in [0.3, 0.4) is 0 Å². The molecule has 0 spiro atoms. The molecule has 1 nitrogen and oxygen atoms in total. The molecule has 0 aromatic heterocycles. The maximum atomic E-state index is 9.28. The highest BCUT2D eigenvalue weighted by Gasteiger charge is 2.23. The lowest BCUT2D eigenvalue weighted by Gasteiger charge is -2.24. The molecule has 1 heterocycles. The van der Waals surface area contributed by atoms with E-state index in [1.54, 1.807) is 0 Å². The van der Waals surface area contributed by atoms with E-state index in [1.807, 2.05) is 48.5 Å². The van der Waals surface area contributed by atoms with Crippen LogP contribution in [0, 0.1) is 0 Å². The molecule has 1 aliphatic heterocycles. The zero-order valence-electron chi connectivity index (χ0n) is 25.3. The molecule has 0 aliphatic carbocycles. The van der Waals surface area contributed by atoms with Gasteiger partial charge in [0.05, 0.1) is 2.74 Å². The van der Waals surface area contributed by atoms with Gasteiger partial charge in [0.15, 0.2) is 0 Å². The van der Waals surface area contributed by atoms with Crippen molar-refractivity contribution in [3.8, 4) is 56.0 Å². The van der Waals surface area contributed by atoms with Gasteiger partial charge in [-0.3, -0.25) is 0 Å². The van der Waals surface area contributed by atoms with Gasteiger partial charge < -0.3 is 4.74 Å². The summed E-state index contributed by atoms with van der Waals surface area (Å²) in [5.41, 5.74) is 8.50. The number of benzene rings is 8. The SMILES string of the molecule is [2H]c1cccc2c(-c3ccc4c5c(cccc35)-c3ccccc3O4)c3c([2H])cccc3c(-c3cccc(-c4ccccc4)c3)c12. The van der Waals surface area contributed by atoms with E-state index in [2.05, 4.69) is 97.1 Å². The Hall–Kier alpha value is -5.66. The van der Waals surface area contributed by atoms with Gasteiger partial charge in [-0.15, -0.1) is 0 Å². The summed E-state index contributed by atoms with van der Waals surface area (Å²) in [6, 6.07) is 50.5. The number of fused-ring (bicyclic) bond motifs is 4. The first kappa shape index (κ1) is 22.0. The molecule has 8 aromatic rings. The Bertz CT molecular complexity index is 2480. The largest absolute Gasteiger partial charge is 0.456 e. The summed E-state index contributed by atoms with van der Waals surface area (Å²) in [4.78, 5) is 0. The van der Waals surface area contributed by atoms with E-state index in [-0.39, 0.29) is 0 Å². The van der Waals surface area contributed by atoms with Crippen molar-refractivity contribution in [2.24, 2.45) is 0 Å². The number of hydrogen-bond donors (Lipinski definition) is 0. The molecule has 0 N–H and O–H groups in total. The number of ether oxygens (including phenoxy) is 1. The van der Waals surface area contributed by atoms with Crippen LogP contribution in [-0.4, -0.2) is 0 Å². The summed E-state index contributed by atoms with van der Waals surface area (Å²) >= 11 is 0. The summed E-state index contributed by atoms with van der Waals surface area (Å²) < 4.78 is 24.9. The third-order valence-corrected chi connectivity index (χ3v) is 8.68. The van der Waals surface area contributed by atoms with Crippen LogP contribution in [0.5, 0.6) is 11.5 Å². The molecule has 43 heavy (non-hydrogen) atoms. The summed E-state index contributed by atoms with van der Waals surface area (Å²) in [5, 5.41) is 5.84. The molecule has 0 bridgehead atoms. The lowest BCUT2D eigenvalue weighted by atomic mass is 9.83. The number of rotatable bonds is 3. The molecule has 1 heteroatoms. The third kappa shape index (κ3) is 3.65. The highest BCUT2D eigenvalue weighted by atomic mass is 16.5. The normalized spacial score (nSPS) is 12.6. The van der Waals surface area contributed by atoms with Crippen molar-refractivity contribution in [3.63, 3.8) is 0 Å². The van der Waals surface area contributed by atoms with Gasteiger partial charge in [-0.2, -0.15) is 0 Å². The first-order valence-electron chi connectivity index (χ1n) is 15.6. The molecule has 0 atom stereocenters. The smallest absolute Gasteiger partial charge is 0.135 e. The average molecular weight is 549 g/mol. The standard InChI is InChI=1S/C42H26O/c1-2-12-27(13-3-1)28-14-10-15-29(26-28)40-32-17-4-6-19-34(32)41(35-20-7-5-18-33(35)40)37-24-25-39-42-31(21-11-22-36(37)42)30-16-8-9-23-38(30)43-39/h1-26H/i17D,20D. The Balaban J connectivity index is 1.41. The van der Waals surface area contributed by atoms with Crippen molar-refractivity contribution in [2.75, 3.05) is 0 Å². The van der Waals surface area contributed by atoms with E-state index in [4.69, 9.17) is 4.74 Å². The van der Waals surface area contributed by atoms with E-state index >= 15 is 0 Å². The predicted octanol–water partition coefficient (Wildman–Crippen LogP) is 11.9. The van der Waals surface area contributed by atoms with Crippen LogP contribution in [-0.2, 0) is 0 Å². The average Bonchev–Trinajstić information content (AvgIpc) is 3.09. The minimum Gasteiger partial charge on any atom is -0.456 e. The van der Waals surface area contributed by atoms with Crippen molar-refractivity contribution >= 4 is 32.3 Å². The molecular weight excluding hydrogens is 520 g/mol. The van der Waals surface area contributed by atoms with Crippen LogP contribution >= 0.6 is 0 Å². The lowest BCUT2D eigenvalue weighted by Crippen LogP contribution is -1.98. The van der Waals surface area contributed by atoms with Gasteiger partial charge in [0, 0.05) is 10.9 Å². The number of hydrogen-bond acceptors (Lipinski definition) is 1. The van der Waals surface area contributed by atoms with Crippen LogP contribution in [0.25, 0.3) is 76.8 Å². The summed E-state index contributed by atoms with van der Waals surface area (Å²) in [5.74, 6) is 1.69. The van der Waals surface area contributed by atoms with Crippen molar-refractivity contribution in [3.05, 3.63) is 158 Å². The molecule has 0 radical (unpaired) electrons. The summed E-state index contributed by atoms with van der Waals surface area (Å²) in [6.07, 6.45) is 0. The summed E-state index contributed by atoms with van der Waals surface area (Å²) in [7, 11) is 0. The topological polar surface area (TPSA) is 9.23 Å². The van der Waals surface area contributed by atoms with Crippen LogP contribution in [0.4, 0.5) is 0 Å². The minimum absolute atomic E-state index is 0.460. The molecule has 0 amide bonds. The molecule has 0 unspecified atom stereocenters. The second-order valence-corrected chi connectivity index (χ2v) is 11.1. The van der Waals surface area contributed by atoms with Gasteiger partial charge in [0.1, 0.15) is 11.5 Å². The molecule has 0 fully saturated rings. The van der Waals surface area contributed by atoms with Crippen molar-refractivity contribution in [2.45, 2.75) is 0 Å². The Morgan fingerprint density at radius 3 is 1.86 bits per heavy atom. The molecule has 9 rings (SSSR count). The first-order valence-corrected chi connectivity index (χ1v) is 14.6. The van der Waals surface area contributed by atoms with Crippen LogP contribution in [0.2, 0.25) is 0 Å². The zero-order valence-corrected chi connectivity index (χ0v) is 23.3. The van der Waals surface area contributed by atoms with Crippen molar-refractivity contribution in [1.29, 1.82) is 0 Å². The minimum atomic E-state index is 0.460. The van der Waals surface area contributed by atoms with Gasteiger partial charge >= 0.3 is 0 Å². The molecule has 200 valence electrons. The van der Waals surface area contributed by atoms with Gasteiger partial charge in [-0.1, -0.05) is 133 Å². The van der Waals surface area contributed by atoms with Gasteiger partial charge in [0.25, 0.3) is 0 Å². The van der Waals surface area contributed by atoms with Crippen LogP contribution in [0.1, 0.15) is 2.74 Å². The predicted molar refractivity (Wildman–Crippen MR) is 181 cm³/mol. The fourth-order valence-corrected chi connectivity index (χ4v) is 6.84. The monoisotopic (exact) mass is 548 g/mol. The molecule has 0 saturated heterocycles. The maximum Gasteiger partial charge on any atom is 0.135 e. The van der Waals surface area contributed by atoms with E-state index in [0.29, 0.717) is 12.1 Å².